The van der Waals surface area contributed by atoms with Gasteiger partial charge in [-0.1, -0.05) is 28.1 Å². The third-order valence-electron chi connectivity index (χ3n) is 3.16. The van der Waals surface area contributed by atoms with Gasteiger partial charge in [0.15, 0.2) is 0 Å². The Bertz CT molecular complexity index is 764. The highest BCUT2D eigenvalue weighted by atomic mass is 79.9. The first kappa shape index (κ1) is 19.2. The van der Waals surface area contributed by atoms with Crippen LogP contribution >= 0.6 is 15.9 Å². The topological polar surface area (TPSA) is 38.3 Å². The first-order valence-electron chi connectivity index (χ1n) is 6.86. The van der Waals surface area contributed by atoms with Crippen molar-refractivity contribution >= 4 is 21.8 Å². The largest absolute Gasteiger partial charge is 0.434 e. The van der Waals surface area contributed by atoms with Crippen LogP contribution in [0.3, 0.4) is 0 Å². The van der Waals surface area contributed by atoms with Gasteiger partial charge in [0.25, 0.3) is 5.91 Å². The van der Waals surface area contributed by atoms with Crippen molar-refractivity contribution < 1.29 is 31.5 Å². The van der Waals surface area contributed by atoms with Gasteiger partial charge < -0.3 is 10.1 Å². The lowest BCUT2D eigenvalue weighted by molar-refractivity contribution is -0.137. The van der Waals surface area contributed by atoms with E-state index in [1.165, 1.54) is 30.3 Å². The van der Waals surface area contributed by atoms with E-state index < -0.39 is 29.8 Å². The molecule has 1 amide bonds. The van der Waals surface area contributed by atoms with Crippen molar-refractivity contribution in [2.24, 2.45) is 0 Å². The number of ether oxygens (including phenoxy) is 1. The van der Waals surface area contributed by atoms with E-state index in [0.29, 0.717) is 4.47 Å². The molecule has 0 aliphatic heterocycles. The Morgan fingerprint density at radius 1 is 1.16 bits per heavy atom. The van der Waals surface area contributed by atoms with Crippen molar-refractivity contribution in [3.63, 3.8) is 0 Å². The zero-order valence-corrected chi connectivity index (χ0v) is 14.0. The van der Waals surface area contributed by atoms with Crippen molar-refractivity contribution in [2.45, 2.75) is 19.3 Å². The van der Waals surface area contributed by atoms with E-state index in [4.69, 9.17) is 0 Å². The fourth-order valence-corrected chi connectivity index (χ4v) is 2.50. The van der Waals surface area contributed by atoms with Crippen molar-refractivity contribution in [2.75, 3.05) is 0 Å². The van der Waals surface area contributed by atoms with Crippen LogP contribution in [0.15, 0.2) is 46.9 Å². The molecule has 0 saturated carbocycles. The van der Waals surface area contributed by atoms with E-state index in [0.717, 1.165) is 12.1 Å². The number of nitrogens with one attached hydrogen (secondary N) is 1. The molecular weight excluding hydrogens is 413 g/mol. The smallest absolute Gasteiger partial charge is 0.417 e. The van der Waals surface area contributed by atoms with Crippen LogP contribution < -0.4 is 10.1 Å². The van der Waals surface area contributed by atoms with Crippen LogP contribution in [0.2, 0.25) is 0 Å². The minimum Gasteiger partial charge on any atom is -0.434 e. The van der Waals surface area contributed by atoms with Gasteiger partial charge in [0.2, 0.25) is 0 Å². The highest BCUT2D eigenvalue weighted by molar-refractivity contribution is 9.10. The van der Waals surface area contributed by atoms with Crippen molar-refractivity contribution in [1.29, 1.82) is 0 Å². The van der Waals surface area contributed by atoms with Gasteiger partial charge in [-0.3, -0.25) is 4.79 Å². The number of halogens is 6. The lowest BCUT2D eigenvalue weighted by Crippen LogP contribution is -2.26. The van der Waals surface area contributed by atoms with Crippen LogP contribution in [0.4, 0.5) is 22.0 Å². The summed E-state index contributed by atoms with van der Waals surface area (Å²) < 4.78 is 68.5. The number of hydrogen-bond donors (Lipinski definition) is 1. The van der Waals surface area contributed by atoms with E-state index >= 15 is 0 Å². The van der Waals surface area contributed by atoms with Crippen molar-refractivity contribution in [1.82, 2.24) is 5.32 Å². The molecule has 0 bridgehead atoms. The molecule has 0 aliphatic carbocycles. The molecule has 9 heteroatoms. The quantitative estimate of drug-likeness (QED) is 0.687. The Balaban J connectivity index is 2.20. The van der Waals surface area contributed by atoms with Crippen LogP contribution in [0.1, 0.15) is 21.5 Å². The number of rotatable bonds is 5. The van der Waals surface area contributed by atoms with Crippen LogP contribution in [-0.4, -0.2) is 12.5 Å². The van der Waals surface area contributed by atoms with E-state index in [9.17, 15) is 26.7 Å². The molecule has 2 aromatic carbocycles. The van der Waals surface area contributed by atoms with Gasteiger partial charge in [-0.15, -0.1) is 0 Å². The predicted molar refractivity (Wildman–Crippen MR) is 83.4 cm³/mol. The van der Waals surface area contributed by atoms with Gasteiger partial charge in [-0.2, -0.15) is 22.0 Å². The molecule has 0 saturated heterocycles. The van der Waals surface area contributed by atoms with Gasteiger partial charge >= 0.3 is 12.8 Å². The molecule has 0 aliphatic rings. The molecule has 134 valence electrons. The molecule has 2 rings (SSSR count). The maximum absolute atomic E-state index is 12.9. The molecule has 2 aromatic rings. The molecule has 3 nitrogen and oxygen atoms in total. The second-order valence-electron chi connectivity index (χ2n) is 4.86. The average Bonchev–Trinajstić information content (AvgIpc) is 2.53. The average molecular weight is 424 g/mol. The minimum atomic E-state index is -4.69. The summed E-state index contributed by atoms with van der Waals surface area (Å²) in [7, 11) is 0. The first-order chi connectivity index (χ1) is 11.7. The van der Waals surface area contributed by atoms with E-state index in [1.807, 2.05) is 0 Å². The van der Waals surface area contributed by atoms with Crippen LogP contribution in [0.5, 0.6) is 5.75 Å². The molecular formula is C16H11BrF5NO2. The zero-order valence-electron chi connectivity index (χ0n) is 12.4. The number of benzene rings is 2. The number of hydrogen-bond acceptors (Lipinski definition) is 2. The van der Waals surface area contributed by atoms with Gasteiger partial charge in [-0.05, 0) is 30.3 Å². The van der Waals surface area contributed by atoms with Crippen LogP contribution in [0, 0.1) is 0 Å². The molecule has 0 heterocycles. The predicted octanol–water partition coefficient (Wildman–Crippen LogP) is 5.00. The Hall–Kier alpha value is -2.16. The Morgan fingerprint density at radius 2 is 1.84 bits per heavy atom. The maximum Gasteiger partial charge on any atom is 0.417 e. The summed E-state index contributed by atoms with van der Waals surface area (Å²) in [6.07, 6.45) is -4.69. The maximum atomic E-state index is 12.9. The summed E-state index contributed by atoms with van der Waals surface area (Å²) in [6, 6.07) is 8.45. The van der Waals surface area contributed by atoms with Gasteiger partial charge in [0, 0.05) is 16.6 Å². The number of carbonyl (C=O) groups excluding carboxylic acids is 1. The zero-order chi connectivity index (χ0) is 18.6. The van der Waals surface area contributed by atoms with E-state index in [2.05, 4.69) is 26.0 Å². The molecule has 1 N–H and O–H groups in total. The number of carbonyl (C=O) groups is 1. The van der Waals surface area contributed by atoms with E-state index in [1.54, 1.807) is 0 Å². The fraction of sp³-hybridized carbons (Fsp3) is 0.188. The van der Waals surface area contributed by atoms with Gasteiger partial charge in [0.05, 0.1) is 11.1 Å². The first-order valence-corrected chi connectivity index (χ1v) is 7.65. The van der Waals surface area contributed by atoms with Crippen molar-refractivity contribution in [3.05, 3.63) is 63.6 Å². The summed E-state index contributed by atoms with van der Waals surface area (Å²) >= 11 is 3.15. The molecule has 0 unspecified atom stereocenters. The molecule has 0 radical (unpaired) electrons. The second kappa shape index (κ2) is 7.81. The normalized spacial score (nSPS) is 11.5. The summed E-state index contributed by atoms with van der Waals surface area (Å²) in [6.45, 7) is -3.35. The third kappa shape index (κ3) is 5.15. The van der Waals surface area contributed by atoms with Gasteiger partial charge in [-0.25, -0.2) is 0 Å². The van der Waals surface area contributed by atoms with Crippen LogP contribution in [-0.2, 0) is 12.7 Å². The standard InChI is InChI=1S/C16H11BrF5NO2/c17-10-5-6-13(25-15(18)19)9(7-10)8-23-14(24)11-3-1-2-4-12(11)16(20,21)22/h1-7,15H,8H2,(H,23,24). The Kier molecular flexibility index (Phi) is 5.99. The van der Waals surface area contributed by atoms with E-state index in [-0.39, 0.29) is 17.9 Å². The fourth-order valence-electron chi connectivity index (χ4n) is 2.10. The Morgan fingerprint density at radius 3 is 2.48 bits per heavy atom. The van der Waals surface area contributed by atoms with Crippen molar-refractivity contribution in [3.8, 4) is 5.75 Å². The lowest BCUT2D eigenvalue weighted by Gasteiger charge is -2.14. The molecule has 25 heavy (non-hydrogen) atoms. The SMILES string of the molecule is O=C(NCc1cc(Br)ccc1OC(F)F)c1ccccc1C(F)(F)F. The molecule has 0 fully saturated rings. The third-order valence-corrected chi connectivity index (χ3v) is 3.65. The summed E-state index contributed by atoms with van der Waals surface area (Å²) in [5.74, 6) is -1.15. The Labute approximate surface area is 147 Å². The highest BCUT2D eigenvalue weighted by Gasteiger charge is 2.34. The highest BCUT2D eigenvalue weighted by Crippen LogP contribution is 2.32. The lowest BCUT2D eigenvalue weighted by atomic mass is 10.1. The number of amides is 1. The monoisotopic (exact) mass is 423 g/mol. The van der Waals surface area contributed by atoms with Crippen LogP contribution in [0.25, 0.3) is 0 Å². The summed E-state index contributed by atoms with van der Waals surface area (Å²) in [5, 5.41) is 2.28. The second-order valence-corrected chi connectivity index (χ2v) is 5.77. The number of alkyl halides is 5. The summed E-state index contributed by atoms with van der Waals surface area (Å²) in [4.78, 5) is 12.1. The molecule has 0 aromatic heterocycles. The summed E-state index contributed by atoms with van der Waals surface area (Å²) in [5.41, 5.74) is -1.44. The molecule has 0 atom stereocenters. The minimum absolute atomic E-state index is 0.178. The van der Waals surface area contributed by atoms with Gasteiger partial charge in [0.1, 0.15) is 5.75 Å². The molecule has 0 spiro atoms.